The Bertz CT molecular complexity index is 844. The second-order valence-corrected chi connectivity index (χ2v) is 5.93. The Morgan fingerprint density at radius 3 is 2.58 bits per heavy atom. The van der Waals surface area contributed by atoms with Crippen LogP contribution in [0.3, 0.4) is 0 Å². The van der Waals surface area contributed by atoms with E-state index in [4.69, 9.17) is 4.74 Å². The van der Waals surface area contributed by atoms with Crippen molar-refractivity contribution in [3.8, 4) is 17.0 Å². The van der Waals surface area contributed by atoms with Crippen LogP contribution < -0.4 is 10.1 Å². The average molecular weight is 351 g/mol. The maximum absolute atomic E-state index is 12.7. The Hall–Kier alpha value is -3.12. The summed E-state index contributed by atoms with van der Waals surface area (Å²) in [6.45, 7) is -0.143. The highest BCUT2D eigenvalue weighted by Crippen LogP contribution is 2.23. The van der Waals surface area contributed by atoms with Gasteiger partial charge in [-0.2, -0.15) is 5.10 Å². The summed E-state index contributed by atoms with van der Waals surface area (Å²) in [5.74, 6) is 0.460. The standard InChI is InChI=1S/C20H21N3O3/c1-26-17-9-7-15(8-10-17)19-18(12-21-23-19)20(25)22-16(13-24)11-14-5-3-2-4-6-14/h2-10,12,16,24H,11,13H2,1H3,(H,21,23)(H,22,25)/t16-/m0/s1. The molecule has 1 atom stereocenters. The predicted molar refractivity (Wildman–Crippen MR) is 99.1 cm³/mol. The molecule has 134 valence electrons. The van der Waals surface area contributed by atoms with Crippen LogP contribution in [0.25, 0.3) is 11.3 Å². The van der Waals surface area contributed by atoms with Crippen molar-refractivity contribution < 1.29 is 14.6 Å². The Morgan fingerprint density at radius 2 is 1.92 bits per heavy atom. The van der Waals surface area contributed by atoms with Gasteiger partial charge in [-0.1, -0.05) is 30.3 Å². The molecule has 3 rings (SSSR count). The number of aromatic amines is 1. The van der Waals surface area contributed by atoms with Crippen LogP contribution in [0, 0.1) is 0 Å². The molecular formula is C20H21N3O3. The monoisotopic (exact) mass is 351 g/mol. The molecule has 1 amide bonds. The molecule has 0 fully saturated rings. The van der Waals surface area contributed by atoms with Gasteiger partial charge in [0, 0.05) is 5.56 Å². The van der Waals surface area contributed by atoms with Gasteiger partial charge < -0.3 is 15.2 Å². The zero-order valence-corrected chi connectivity index (χ0v) is 14.5. The molecule has 0 aliphatic heterocycles. The van der Waals surface area contributed by atoms with Crippen LogP contribution in [0.2, 0.25) is 0 Å². The van der Waals surface area contributed by atoms with Gasteiger partial charge in [0.2, 0.25) is 0 Å². The molecule has 3 aromatic rings. The van der Waals surface area contributed by atoms with Gasteiger partial charge in [0.15, 0.2) is 0 Å². The number of methoxy groups -OCH3 is 1. The molecule has 0 saturated carbocycles. The zero-order valence-electron chi connectivity index (χ0n) is 14.5. The summed E-state index contributed by atoms with van der Waals surface area (Å²) >= 11 is 0. The first-order valence-corrected chi connectivity index (χ1v) is 8.34. The smallest absolute Gasteiger partial charge is 0.255 e. The minimum Gasteiger partial charge on any atom is -0.497 e. The third-order valence-electron chi connectivity index (χ3n) is 4.14. The number of H-pyrrole nitrogens is 1. The van der Waals surface area contributed by atoms with Crippen LogP contribution in [-0.2, 0) is 6.42 Å². The van der Waals surface area contributed by atoms with Crippen LogP contribution in [0.5, 0.6) is 5.75 Å². The highest BCUT2D eigenvalue weighted by Gasteiger charge is 2.19. The number of aromatic nitrogens is 2. The van der Waals surface area contributed by atoms with Gasteiger partial charge in [-0.15, -0.1) is 0 Å². The van der Waals surface area contributed by atoms with Crippen molar-refractivity contribution in [2.75, 3.05) is 13.7 Å². The first-order valence-electron chi connectivity index (χ1n) is 8.34. The minimum atomic E-state index is -0.372. The molecule has 0 aliphatic rings. The van der Waals surface area contributed by atoms with E-state index in [-0.39, 0.29) is 18.6 Å². The number of nitrogens with one attached hydrogen (secondary N) is 2. The van der Waals surface area contributed by atoms with Crippen molar-refractivity contribution in [3.05, 3.63) is 71.9 Å². The quantitative estimate of drug-likeness (QED) is 0.610. The number of carbonyl (C=O) groups excluding carboxylic acids is 1. The fourth-order valence-electron chi connectivity index (χ4n) is 2.76. The number of amides is 1. The number of aliphatic hydroxyl groups excluding tert-OH is 1. The Morgan fingerprint density at radius 1 is 1.19 bits per heavy atom. The molecule has 0 radical (unpaired) electrons. The number of benzene rings is 2. The van der Waals surface area contributed by atoms with Crippen molar-refractivity contribution in [3.63, 3.8) is 0 Å². The lowest BCUT2D eigenvalue weighted by Crippen LogP contribution is -2.39. The maximum Gasteiger partial charge on any atom is 0.255 e. The Balaban J connectivity index is 1.74. The Labute approximate surface area is 151 Å². The highest BCUT2D eigenvalue weighted by molar-refractivity contribution is 5.99. The van der Waals surface area contributed by atoms with Crippen LogP contribution in [0.4, 0.5) is 0 Å². The third-order valence-corrected chi connectivity index (χ3v) is 4.14. The van der Waals surface area contributed by atoms with Crippen LogP contribution >= 0.6 is 0 Å². The molecule has 0 saturated heterocycles. The average Bonchev–Trinajstić information content (AvgIpc) is 3.18. The number of ether oxygens (including phenoxy) is 1. The summed E-state index contributed by atoms with van der Waals surface area (Å²) < 4.78 is 5.16. The second-order valence-electron chi connectivity index (χ2n) is 5.93. The lowest BCUT2D eigenvalue weighted by molar-refractivity contribution is 0.0917. The zero-order chi connectivity index (χ0) is 18.4. The van der Waals surface area contributed by atoms with Gasteiger partial charge >= 0.3 is 0 Å². The summed E-state index contributed by atoms with van der Waals surface area (Å²) in [5, 5.41) is 19.4. The molecule has 2 aromatic carbocycles. The molecule has 1 heterocycles. The number of nitrogens with zero attached hydrogens (tertiary/aromatic N) is 1. The summed E-state index contributed by atoms with van der Waals surface area (Å²) in [4.78, 5) is 12.7. The SMILES string of the molecule is COc1ccc(-c2[nH]ncc2C(=O)N[C@H](CO)Cc2ccccc2)cc1. The molecule has 0 aliphatic carbocycles. The number of aliphatic hydroxyl groups is 1. The minimum absolute atomic E-state index is 0.143. The van der Waals surface area contributed by atoms with Gasteiger partial charge in [-0.25, -0.2) is 0 Å². The van der Waals surface area contributed by atoms with Crippen molar-refractivity contribution in [1.29, 1.82) is 0 Å². The molecule has 1 aromatic heterocycles. The molecule has 0 bridgehead atoms. The molecule has 0 spiro atoms. The van der Waals surface area contributed by atoms with Gasteiger partial charge in [-0.3, -0.25) is 9.89 Å². The van der Waals surface area contributed by atoms with E-state index in [2.05, 4.69) is 15.5 Å². The molecule has 26 heavy (non-hydrogen) atoms. The van der Waals surface area contributed by atoms with Gasteiger partial charge in [-0.05, 0) is 36.2 Å². The van der Waals surface area contributed by atoms with Crippen LogP contribution in [-0.4, -0.2) is 41.0 Å². The van der Waals surface area contributed by atoms with Crippen molar-refractivity contribution in [1.82, 2.24) is 15.5 Å². The first-order chi connectivity index (χ1) is 12.7. The Kier molecular flexibility index (Phi) is 5.66. The van der Waals surface area contributed by atoms with E-state index in [0.29, 0.717) is 17.7 Å². The lowest BCUT2D eigenvalue weighted by Gasteiger charge is -2.16. The largest absolute Gasteiger partial charge is 0.497 e. The highest BCUT2D eigenvalue weighted by atomic mass is 16.5. The molecule has 3 N–H and O–H groups in total. The number of carbonyl (C=O) groups is 1. The van der Waals surface area contributed by atoms with Crippen molar-refractivity contribution in [2.24, 2.45) is 0 Å². The third kappa shape index (κ3) is 4.10. The van der Waals surface area contributed by atoms with Crippen LogP contribution in [0.1, 0.15) is 15.9 Å². The normalized spacial score (nSPS) is 11.8. The molecule has 0 unspecified atom stereocenters. The van der Waals surface area contributed by atoms with E-state index >= 15 is 0 Å². The molecular weight excluding hydrogens is 330 g/mol. The van der Waals surface area contributed by atoms with E-state index in [1.54, 1.807) is 7.11 Å². The number of hydrogen-bond acceptors (Lipinski definition) is 4. The summed E-state index contributed by atoms with van der Waals surface area (Å²) in [6.07, 6.45) is 2.05. The van der Waals surface area contributed by atoms with Gasteiger partial charge in [0.25, 0.3) is 5.91 Å². The fraction of sp³-hybridized carbons (Fsp3) is 0.200. The molecule has 6 nitrogen and oxygen atoms in total. The van der Waals surface area contributed by atoms with Crippen molar-refractivity contribution >= 4 is 5.91 Å². The summed E-state index contributed by atoms with van der Waals surface area (Å²) in [6, 6.07) is 16.7. The molecule has 6 heteroatoms. The summed E-state index contributed by atoms with van der Waals surface area (Å²) in [7, 11) is 1.60. The van der Waals surface area contributed by atoms with E-state index in [1.807, 2.05) is 54.6 Å². The number of hydrogen-bond donors (Lipinski definition) is 3. The predicted octanol–water partition coefficient (Wildman–Crippen LogP) is 2.42. The van der Waals surface area contributed by atoms with Gasteiger partial charge in [0.05, 0.1) is 37.2 Å². The fourth-order valence-corrected chi connectivity index (χ4v) is 2.76. The van der Waals surface area contributed by atoms with E-state index in [1.165, 1.54) is 6.20 Å². The lowest BCUT2D eigenvalue weighted by atomic mass is 10.0. The summed E-state index contributed by atoms with van der Waals surface area (Å²) in [5.41, 5.74) is 2.94. The van der Waals surface area contributed by atoms with Crippen molar-refractivity contribution in [2.45, 2.75) is 12.5 Å². The van der Waals surface area contributed by atoms with Crippen LogP contribution in [0.15, 0.2) is 60.8 Å². The topological polar surface area (TPSA) is 87.2 Å². The second kappa shape index (κ2) is 8.31. The van der Waals surface area contributed by atoms with E-state index in [0.717, 1.165) is 16.9 Å². The first kappa shape index (κ1) is 17.7. The van der Waals surface area contributed by atoms with Gasteiger partial charge in [0.1, 0.15) is 5.75 Å². The maximum atomic E-state index is 12.7. The number of rotatable bonds is 7. The van der Waals surface area contributed by atoms with E-state index in [9.17, 15) is 9.90 Å². The van der Waals surface area contributed by atoms with E-state index < -0.39 is 0 Å².